The molecule has 0 aliphatic heterocycles. The Morgan fingerprint density at radius 2 is 1.82 bits per heavy atom. The molecule has 0 saturated carbocycles. The maximum atomic E-state index is 14.5. The number of hydrogen-bond donors (Lipinski definition) is 0. The Bertz CT molecular complexity index is 985. The number of rotatable bonds is 5. The largest absolute Gasteiger partial charge is 0.459 e. The molecule has 1 aromatic heterocycles. The predicted molar refractivity (Wildman–Crippen MR) is 103 cm³/mol. The van der Waals surface area contributed by atoms with Gasteiger partial charge in [0.15, 0.2) is 11.0 Å². The van der Waals surface area contributed by atoms with Crippen LogP contribution in [-0.2, 0) is 9.53 Å². The van der Waals surface area contributed by atoms with Crippen molar-refractivity contribution in [3.05, 3.63) is 60.2 Å². The standard InChI is InChI=1S/C20H19F2N3O2S/c1-20(2,3)27-17(26)12-28-19-24-23-18(13-7-5-4-6-8-13)25(19)16-10-9-14(21)11-15(16)22/h4-11H,12H2,1-3H3. The van der Waals surface area contributed by atoms with Crippen molar-refractivity contribution < 1.29 is 18.3 Å². The number of carbonyl (C=O) groups is 1. The van der Waals surface area contributed by atoms with Crippen LogP contribution in [0.15, 0.2) is 53.7 Å². The first-order valence-corrected chi connectivity index (χ1v) is 9.54. The highest BCUT2D eigenvalue weighted by atomic mass is 32.2. The molecule has 0 bridgehead atoms. The molecule has 28 heavy (non-hydrogen) atoms. The molecular weight excluding hydrogens is 384 g/mol. The minimum atomic E-state index is -0.754. The SMILES string of the molecule is CC(C)(C)OC(=O)CSc1nnc(-c2ccccc2)n1-c1ccc(F)cc1F. The highest BCUT2D eigenvalue weighted by Gasteiger charge is 2.22. The Morgan fingerprint density at radius 3 is 2.46 bits per heavy atom. The molecule has 2 aromatic carbocycles. The third-order valence-electron chi connectivity index (χ3n) is 3.56. The summed E-state index contributed by atoms with van der Waals surface area (Å²) in [7, 11) is 0. The molecular formula is C20H19F2N3O2S. The Labute approximate surface area is 165 Å². The quantitative estimate of drug-likeness (QED) is 0.459. The highest BCUT2D eigenvalue weighted by Crippen LogP contribution is 2.29. The van der Waals surface area contributed by atoms with Crippen LogP contribution in [0.4, 0.5) is 8.78 Å². The van der Waals surface area contributed by atoms with Crippen molar-refractivity contribution in [2.24, 2.45) is 0 Å². The molecule has 0 aliphatic rings. The van der Waals surface area contributed by atoms with Gasteiger partial charge in [0.1, 0.15) is 17.2 Å². The lowest BCUT2D eigenvalue weighted by atomic mass is 10.2. The summed E-state index contributed by atoms with van der Waals surface area (Å²) in [5, 5.41) is 8.57. The maximum absolute atomic E-state index is 14.5. The van der Waals surface area contributed by atoms with Crippen LogP contribution in [0.5, 0.6) is 0 Å². The second-order valence-corrected chi connectivity index (χ2v) is 7.92. The Hall–Kier alpha value is -2.74. The lowest BCUT2D eigenvalue weighted by Crippen LogP contribution is -2.25. The molecule has 8 heteroatoms. The van der Waals surface area contributed by atoms with Crippen LogP contribution in [0.3, 0.4) is 0 Å². The van der Waals surface area contributed by atoms with E-state index in [4.69, 9.17) is 4.74 Å². The van der Waals surface area contributed by atoms with Gasteiger partial charge < -0.3 is 4.74 Å². The molecule has 0 unspecified atom stereocenters. The first kappa shape index (κ1) is 20.0. The summed E-state index contributed by atoms with van der Waals surface area (Å²) in [5.74, 6) is -1.49. The van der Waals surface area contributed by atoms with Crippen molar-refractivity contribution in [1.82, 2.24) is 14.8 Å². The van der Waals surface area contributed by atoms with Gasteiger partial charge in [-0.2, -0.15) is 0 Å². The van der Waals surface area contributed by atoms with E-state index in [1.165, 1.54) is 10.6 Å². The number of carbonyl (C=O) groups excluding carboxylic acids is 1. The van der Waals surface area contributed by atoms with Crippen LogP contribution in [-0.4, -0.2) is 32.1 Å². The number of hydrogen-bond acceptors (Lipinski definition) is 5. The van der Waals surface area contributed by atoms with Crippen molar-refractivity contribution in [1.29, 1.82) is 0 Å². The predicted octanol–water partition coefficient (Wildman–Crippen LogP) is 4.65. The van der Waals surface area contributed by atoms with E-state index in [0.717, 1.165) is 23.9 Å². The third kappa shape index (κ3) is 4.75. The molecule has 0 saturated heterocycles. The number of thioether (sulfide) groups is 1. The van der Waals surface area contributed by atoms with Gasteiger partial charge in [-0.25, -0.2) is 8.78 Å². The number of ether oxygens (including phenoxy) is 1. The normalized spacial score (nSPS) is 11.5. The molecule has 0 spiro atoms. The zero-order valence-electron chi connectivity index (χ0n) is 15.6. The molecule has 1 heterocycles. The molecule has 0 N–H and O–H groups in total. The Kier molecular flexibility index (Phi) is 5.79. The minimum Gasteiger partial charge on any atom is -0.459 e. The summed E-state index contributed by atoms with van der Waals surface area (Å²) in [5.41, 5.74) is 0.198. The second-order valence-electron chi connectivity index (χ2n) is 6.98. The van der Waals surface area contributed by atoms with Gasteiger partial charge in [-0.1, -0.05) is 42.1 Å². The van der Waals surface area contributed by atoms with E-state index >= 15 is 0 Å². The molecule has 5 nitrogen and oxygen atoms in total. The molecule has 3 rings (SSSR count). The van der Waals surface area contributed by atoms with E-state index in [2.05, 4.69) is 10.2 Å². The fourth-order valence-electron chi connectivity index (χ4n) is 2.51. The van der Waals surface area contributed by atoms with Crippen molar-refractivity contribution in [2.75, 3.05) is 5.75 Å². The average Bonchev–Trinajstić information content (AvgIpc) is 3.03. The lowest BCUT2D eigenvalue weighted by molar-refractivity contribution is -0.151. The Morgan fingerprint density at radius 1 is 1.11 bits per heavy atom. The minimum absolute atomic E-state index is 0.0208. The molecule has 0 fully saturated rings. The first-order chi connectivity index (χ1) is 13.2. The molecule has 3 aromatic rings. The summed E-state index contributed by atoms with van der Waals surface area (Å²) in [6.07, 6.45) is 0. The van der Waals surface area contributed by atoms with Crippen molar-refractivity contribution >= 4 is 17.7 Å². The van der Waals surface area contributed by atoms with Crippen LogP contribution in [0.1, 0.15) is 20.8 Å². The van der Waals surface area contributed by atoms with Crippen LogP contribution in [0.25, 0.3) is 17.1 Å². The van der Waals surface area contributed by atoms with Crippen LogP contribution in [0, 0.1) is 11.6 Å². The smallest absolute Gasteiger partial charge is 0.316 e. The molecule has 0 atom stereocenters. The van der Waals surface area contributed by atoms with Gasteiger partial charge in [-0.05, 0) is 32.9 Å². The first-order valence-electron chi connectivity index (χ1n) is 8.55. The summed E-state index contributed by atoms with van der Waals surface area (Å²) in [6, 6.07) is 12.4. The number of esters is 1. The van der Waals surface area contributed by atoms with E-state index in [1.54, 1.807) is 20.8 Å². The monoisotopic (exact) mass is 403 g/mol. The van der Waals surface area contributed by atoms with Crippen molar-refractivity contribution in [3.8, 4) is 17.1 Å². The van der Waals surface area contributed by atoms with Gasteiger partial charge in [0, 0.05) is 11.6 Å². The zero-order chi connectivity index (χ0) is 20.3. The lowest BCUT2D eigenvalue weighted by Gasteiger charge is -2.19. The number of aromatic nitrogens is 3. The highest BCUT2D eigenvalue weighted by molar-refractivity contribution is 7.99. The van der Waals surface area contributed by atoms with Gasteiger partial charge in [-0.15, -0.1) is 10.2 Å². The van der Waals surface area contributed by atoms with Crippen molar-refractivity contribution in [3.63, 3.8) is 0 Å². The summed E-state index contributed by atoms with van der Waals surface area (Å²) >= 11 is 1.07. The second kappa shape index (κ2) is 8.10. The van der Waals surface area contributed by atoms with Crippen molar-refractivity contribution in [2.45, 2.75) is 31.5 Å². The molecule has 0 amide bonds. The van der Waals surface area contributed by atoms with Gasteiger partial charge in [-0.3, -0.25) is 9.36 Å². The van der Waals surface area contributed by atoms with Crippen LogP contribution < -0.4 is 0 Å². The average molecular weight is 403 g/mol. The van der Waals surface area contributed by atoms with E-state index in [9.17, 15) is 13.6 Å². The Balaban J connectivity index is 1.99. The molecule has 0 aliphatic carbocycles. The zero-order valence-corrected chi connectivity index (χ0v) is 16.5. The third-order valence-corrected chi connectivity index (χ3v) is 4.46. The fraction of sp³-hybridized carbons (Fsp3) is 0.250. The summed E-state index contributed by atoms with van der Waals surface area (Å²) in [4.78, 5) is 12.0. The van der Waals surface area contributed by atoms with Gasteiger partial charge in [0.2, 0.25) is 0 Å². The van der Waals surface area contributed by atoms with Gasteiger partial charge in [0.05, 0.1) is 11.4 Å². The summed E-state index contributed by atoms with van der Waals surface area (Å²) in [6.45, 7) is 5.33. The molecule has 146 valence electrons. The van der Waals surface area contributed by atoms with Gasteiger partial charge in [0.25, 0.3) is 0 Å². The number of benzene rings is 2. The molecule has 0 radical (unpaired) electrons. The van der Waals surface area contributed by atoms with E-state index < -0.39 is 23.2 Å². The topological polar surface area (TPSA) is 57.0 Å². The van der Waals surface area contributed by atoms with Gasteiger partial charge >= 0.3 is 5.97 Å². The van der Waals surface area contributed by atoms with E-state index in [-0.39, 0.29) is 11.4 Å². The summed E-state index contributed by atoms with van der Waals surface area (Å²) < 4.78 is 34.6. The van der Waals surface area contributed by atoms with Crippen LogP contribution >= 0.6 is 11.8 Å². The maximum Gasteiger partial charge on any atom is 0.316 e. The van der Waals surface area contributed by atoms with Crippen LogP contribution in [0.2, 0.25) is 0 Å². The number of halogens is 2. The van der Waals surface area contributed by atoms with E-state index in [1.807, 2.05) is 30.3 Å². The fourth-order valence-corrected chi connectivity index (χ4v) is 3.23. The number of nitrogens with zero attached hydrogens (tertiary/aromatic N) is 3. The van der Waals surface area contributed by atoms with E-state index in [0.29, 0.717) is 16.5 Å².